The summed E-state index contributed by atoms with van der Waals surface area (Å²) in [5.74, 6) is 0.624. The fourth-order valence-electron chi connectivity index (χ4n) is 1.61. The van der Waals surface area contributed by atoms with Gasteiger partial charge >= 0.3 is 0 Å². The zero-order valence-corrected chi connectivity index (χ0v) is 10.00. The van der Waals surface area contributed by atoms with Gasteiger partial charge in [-0.15, -0.1) is 0 Å². The Kier molecular flexibility index (Phi) is 3.39. The smallest absolute Gasteiger partial charge is 0.213 e. The average Bonchev–Trinajstić information content (AvgIpc) is 2.79. The lowest BCUT2D eigenvalue weighted by Crippen LogP contribution is -2.10. The first-order valence-corrected chi connectivity index (χ1v) is 5.59. The normalized spacial score (nSPS) is 12.4. The lowest BCUT2D eigenvalue weighted by Gasteiger charge is -2.10. The van der Waals surface area contributed by atoms with Gasteiger partial charge in [-0.2, -0.15) is 0 Å². The van der Waals surface area contributed by atoms with E-state index in [9.17, 15) is 0 Å². The molecule has 0 unspecified atom stereocenters. The van der Waals surface area contributed by atoms with Gasteiger partial charge in [-0.3, -0.25) is 0 Å². The van der Waals surface area contributed by atoms with E-state index in [0.717, 1.165) is 11.4 Å². The second-order valence-corrected chi connectivity index (χ2v) is 3.76. The number of hydrogen-bond acceptors (Lipinski definition) is 4. The van der Waals surface area contributed by atoms with Gasteiger partial charge in [0.05, 0.1) is 36.7 Å². The van der Waals surface area contributed by atoms with Crippen molar-refractivity contribution in [2.75, 3.05) is 6.61 Å². The average molecular weight is 232 g/mol. The summed E-state index contributed by atoms with van der Waals surface area (Å²) in [6.45, 7) is 4.47. The van der Waals surface area contributed by atoms with Crippen LogP contribution in [0.15, 0.2) is 30.9 Å². The molecule has 0 spiro atoms. The molecule has 5 heteroatoms. The van der Waals surface area contributed by atoms with Crippen molar-refractivity contribution in [1.82, 2.24) is 14.5 Å². The summed E-state index contributed by atoms with van der Waals surface area (Å²) < 4.78 is 7.22. The summed E-state index contributed by atoms with van der Waals surface area (Å²) in [5, 5.41) is 0. The lowest BCUT2D eigenvalue weighted by atomic mass is 10.2. The number of nitrogens with two attached hydrogens (primary N) is 1. The Hall–Kier alpha value is -1.88. The van der Waals surface area contributed by atoms with Gasteiger partial charge in [0.25, 0.3) is 0 Å². The van der Waals surface area contributed by atoms with Crippen LogP contribution in [0.5, 0.6) is 5.88 Å². The number of pyridine rings is 1. The fraction of sp³-hybridized carbons (Fsp3) is 0.333. The largest absolute Gasteiger partial charge is 0.478 e. The molecule has 0 bridgehead atoms. The summed E-state index contributed by atoms with van der Waals surface area (Å²) in [5.41, 5.74) is 7.75. The molecule has 0 saturated heterocycles. The van der Waals surface area contributed by atoms with E-state index in [4.69, 9.17) is 10.5 Å². The fourth-order valence-corrected chi connectivity index (χ4v) is 1.61. The molecule has 0 saturated carbocycles. The second kappa shape index (κ2) is 4.97. The Morgan fingerprint density at radius 2 is 2.24 bits per heavy atom. The first kappa shape index (κ1) is 11.6. The molecule has 0 aromatic carbocycles. The molecule has 2 rings (SSSR count). The van der Waals surface area contributed by atoms with Crippen LogP contribution in [0, 0.1) is 0 Å². The maximum Gasteiger partial charge on any atom is 0.213 e. The minimum absolute atomic E-state index is 0.0657. The minimum atomic E-state index is -0.0657. The Balaban J connectivity index is 2.30. The van der Waals surface area contributed by atoms with Crippen LogP contribution >= 0.6 is 0 Å². The van der Waals surface area contributed by atoms with E-state index < -0.39 is 0 Å². The first-order valence-electron chi connectivity index (χ1n) is 5.59. The zero-order chi connectivity index (χ0) is 12.3. The maximum atomic E-state index is 5.87. The Morgan fingerprint density at radius 3 is 2.82 bits per heavy atom. The highest BCUT2D eigenvalue weighted by Gasteiger charge is 2.08. The van der Waals surface area contributed by atoms with E-state index in [-0.39, 0.29) is 6.04 Å². The highest BCUT2D eigenvalue weighted by atomic mass is 16.5. The molecule has 0 radical (unpaired) electrons. The van der Waals surface area contributed by atoms with Crippen LogP contribution in [-0.4, -0.2) is 21.1 Å². The predicted molar refractivity (Wildman–Crippen MR) is 65.1 cm³/mol. The molecular formula is C12H16N4O. The van der Waals surface area contributed by atoms with Crippen molar-refractivity contribution >= 4 is 0 Å². The molecular weight excluding hydrogens is 216 g/mol. The van der Waals surface area contributed by atoms with Gasteiger partial charge in [-0.1, -0.05) is 0 Å². The molecule has 2 N–H and O–H groups in total. The summed E-state index contributed by atoms with van der Waals surface area (Å²) in [4.78, 5) is 8.32. The molecule has 0 aliphatic carbocycles. The monoisotopic (exact) mass is 232 g/mol. The van der Waals surface area contributed by atoms with Crippen molar-refractivity contribution in [2.45, 2.75) is 19.9 Å². The molecule has 2 heterocycles. The van der Waals surface area contributed by atoms with Crippen molar-refractivity contribution in [3.63, 3.8) is 0 Å². The van der Waals surface area contributed by atoms with Crippen LogP contribution < -0.4 is 10.5 Å². The van der Waals surface area contributed by atoms with E-state index >= 15 is 0 Å². The van der Waals surface area contributed by atoms with Crippen molar-refractivity contribution in [1.29, 1.82) is 0 Å². The highest BCUT2D eigenvalue weighted by molar-refractivity contribution is 5.33. The van der Waals surface area contributed by atoms with Gasteiger partial charge in [0.15, 0.2) is 0 Å². The third kappa shape index (κ3) is 2.45. The molecule has 2 aromatic rings. The third-order valence-corrected chi connectivity index (χ3v) is 2.42. The molecule has 0 amide bonds. The second-order valence-electron chi connectivity index (χ2n) is 3.76. The summed E-state index contributed by atoms with van der Waals surface area (Å²) in [6, 6.07) is 3.71. The van der Waals surface area contributed by atoms with Crippen molar-refractivity contribution < 1.29 is 4.74 Å². The molecule has 1 atom stereocenters. The molecule has 0 fully saturated rings. The van der Waals surface area contributed by atoms with Crippen LogP contribution in [0.3, 0.4) is 0 Å². The van der Waals surface area contributed by atoms with Crippen molar-refractivity contribution in [3.05, 3.63) is 36.5 Å². The SMILES string of the molecule is CCOc1ccc(-n2cncc2[C@@H](C)N)cn1. The van der Waals surface area contributed by atoms with Gasteiger partial charge in [-0.05, 0) is 19.9 Å². The van der Waals surface area contributed by atoms with Gasteiger partial charge in [0.1, 0.15) is 0 Å². The molecule has 5 nitrogen and oxygen atoms in total. The van der Waals surface area contributed by atoms with Gasteiger partial charge in [0, 0.05) is 12.1 Å². The summed E-state index contributed by atoms with van der Waals surface area (Å²) in [7, 11) is 0. The van der Waals surface area contributed by atoms with Gasteiger partial charge < -0.3 is 15.0 Å². The van der Waals surface area contributed by atoms with E-state index in [2.05, 4.69) is 9.97 Å². The number of hydrogen-bond donors (Lipinski definition) is 1. The quantitative estimate of drug-likeness (QED) is 0.871. The number of nitrogens with zero attached hydrogens (tertiary/aromatic N) is 3. The third-order valence-electron chi connectivity index (χ3n) is 2.42. The standard InChI is InChI=1S/C12H16N4O/c1-3-17-12-5-4-10(6-15-12)16-8-14-7-11(16)9(2)13/h4-9H,3,13H2,1-2H3/t9-/m1/s1. The number of rotatable bonds is 4. The van der Waals surface area contributed by atoms with Crippen molar-refractivity contribution in [3.8, 4) is 11.6 Å². The molecule has 0 aliphatic rings. The molecule has 0 aliphatic heterocycles. The van der Waals surface area contributed by atoms with Crippen molar-refractivity contribution in [2.24, 2.45) is 5.73 Å². The van der Waals surface area contributed by atoms with Gasteiger partial charge in [0.2, 0.25) is 5.88 Å². The Bertz CT molecular complexity index is 476. The highest BCUT2D eigenvalue weighted by Crippen LogP contribution is 2.17. The van der Waals surface area contributed by atoms with Crippen LogP contribution in [0.25, 0.3) is 5.69 Å². The first-order chi connectivity index (χ1) is 8.22. The topological polar surface area (TPSA) is 66.0 Å². The maximum absolute atomic E-state index is 5.87. The Morgan fingerprint density at radius 1 is 1.41 bits per heavy atom. The molecule has 2 aromatic heterocycles. The van der Waals surface area contributed by atoms with Crippen LogP contribution in [0.2, 0.25) is 0 Å². The van der Waals surface area contributed by atoms with E-state index in [0.29, 0.717) is 12.5 Å². The summed E-state index contributed by atoms with van der Waals surface area (Å²) in [6.07, 6.45) is 5.25. The van der Waals surface area contributed by atoms with E-state index in [1.807, 2.05) is 30.5 Å². The molecule has 90 valence electrons. The van der Waals surface area contributed by atoms with E-state index in [1.54, 1.807) is 18.7 Å². The van der Waals surface area contributed by atoms with Crippen LogP contribution in [-0.2, 0) is 0 Å². The Labute approximate surface area is 100 Å². The number of aromatic nitrogens is 3. The summed E-state index contributed by atoms with van der Waals surface area (Å²) >= 11 is 0. The number of imidazole rings is 1. The van der Waals surface area contributed by atoms with Gasteiger partial charge in [-0.25, -0.2) is 9.97 Å². The number of ether oxygens (including phenoxy) is 1. The van der Waals surface area contributed by atoms with Crippen LogP contribution in [0.4, 0.5) is 0 Å². The minimum Gasteiger partial charge on any atom is -0.478 e. The van der Waals surface area contributed by atoms with Crippen LogP contribution in [0.1, 0.15) is 25.6 Å². The lowest BCUT2D eigenvalue weighted by molar-refractivity contribution is 0.327. The zero-order valence-electron chi connectivity index (χ0n) is 10.00. The van der Waals surface area contributed by atoms with E-state index in [1.165, 1.54) is 0 Å². The molecule has 17 heavy (non-hydrogen) atoms. The predicted octanol–water partition coefficient (Wildman–Crippen LogP) is 1.69.